The number of nitrogens with zero attached hydrogens (tertiary/aromatic N) is 1. The van der Waals surface area contributed by atoms with Crippen LogP contribution < -0.4 is 5.32 Å². The molecule has 0 bridgehead atoms. The quantitative estimate of drug-likeness (QED) is 0.716. The topological polar surface area (TPSA) is 62.6 Å². The summed E-state index contributed by atoms with van der Waals surface area (Å²) in [6.45, 7) is 2.95. The van der Waals surface area contributed by atoms with Crippen molar-refractivity contribution in [3.05, 3.63) is 24.2 Å². The maximum atomic E-state index is 11.7. The fourth-order valence-electron chi connectivity index (χ4n) is 1.28. The molecule has 5 nitrogen and oxygen atoms in total. The van der Waals surface area contributed by atoms with Crippen molar-refractivity contribution in [3.63, 3.8) is 0 Å². The molecule has 0 atom stereocenters. The van der Waals surface area contributed by atoms with Crippen molar-refractivity contribution in [2.45, 2.75) is 6.92 Å². The van der Waals surface area contributed by atoms with Gasteiger partial charge in [-0.05, 0) is 18.7 Å². The molecule has 88 valence electrons. The number of rotatable bonds is 6. The van der Waals surface area contributed by atoms with E-state index in [4.69, 9.17) is 4.42 Å². The van der Waals surface area contributed by atoms with E-state index in [2.05, 4.69) is 5.32 Å². The summed E-state index contributed by atoms with van der Waals surface area (Å²) in [6.07, 6.45) is 1.46. The summed E-state index contributed by atoms with van der Waals surface area (Å²) < 4.78 is 5.00. The Balaban J connectivity index is 2.50. The Hall–Kier alpha value is -1.62. The molecule has 1 rings (SSSR count). The fraction of sp³-hybridized carbons (Fsp3) is 0.455. The highest BCUT2D eigenvalue weighted by Crippen LogP contribution is 2.02. The first-order valence-corrected chi connectivity index (χ1v) is 5.17. The van der Waals surface area contributed by atoms with Crippen LogP contribution in [-0.2, 0) is 4.79 Å². The number of hydrogen-bond acceptors (Lipinski definition) is 4. The van der Waals surface area contributed by atoms with Crippen LogP contribution in [0.3, 0.4) is 0 Å². The van der Waals surface area contributed by atoms with Gasteiger partial charge >= 0.3 is 0 Å². The van der Waals surface area contributed by atoms with E-state index in [1.165, 1.54) is 6.26 Å². The highest BCUT2D eigenvalue weighted by molar-refractivity contribution is 5.95. The predicted octanol–water partition coefficient (Wildman–Crippen LogP) is 0.530. The van der Waals surface area contributed by atoms with Crippen LogP contribution in [0.25, 0.3) is 0 Å². The van der Waals surface area contributed by atoms with Crippen LogP contribution in [-0.4, -0.2) is 43.3 Å². The van der Waals surface area contributed by atoms with E-state index in [-0.39, 0.29) is 24.8 Å². The average Bonchev–Trinajstić information content (AvgIpc) is 2.81. The molecule has 0 saturated heterocycles. The molecule has 0 aliphatic heterocycles. The summed E-state index contributed by atoms with van der Waals surface area (Å²) in [5, 5.41) is 2.52. The van der Waals surface area contributed by atoms with Gasteiger partial charge < -0.3 is 9.73 Å². The Morgan fingerprint density at radius 3 is 2.69 bits per heavy atom. The zero-order valence-corrected chi connectivity index (χ0v) is 9.53. The smallest absolute Gasteiger partial charge is 0.233 e. The Kier molecular flexibility index (Phi) is 4.72. The number of Topliss-reactive ketones (excluding diaryl/α,β-unsaturated/α-hetero) is 1. The molecule has 0 unspecified atom stereocenters. The molecule has 0 radical (unpaired) electrons. The molecule has 0 aliphatic rings. The maximum Gasteiger partial charge on any atom is 0.233 e. The van der Waals surface area contributed by atoms with Crippen molar-refractivity contribution in [2.75, 3.05) is 26.7 Å². The minimum atomic E-state index is -0.115. The van der Waals surface area contributed by atoms with Crippen molar-refractivity contribution in [1.82, 2.24) is 10.2 Å². The first kappa shape index (κ1) is 12.4. The summed E-state index contributed by atoms with van der Waals surface area (Å²) >= 11 is 0. The van der Waals surface area contributed by atoms with Gasteiger partial charge in [0.2, 0.25) is 11.7 Å². The monoisotopic (exact) mass is 224 g/mol. The van der Waals surface area contributed by atoms with E-state index in [1.807, 2.05) is 6.92 Å². The van der Waals surface area contributed by atoms with Crippen LogP contribution in [0.15, 0.2) is 22.8 Å². The molecule has 0 spiro atoms. The molecule has 1 heterocycles. The Labute approximate surface area is 94.4 Å². The molecule has 16 heavy (non-hydrogen) atoms. The lowest BCUT2D eigenvalue weighted by Gasteiger charge is -2.17. The van der Waals surface area contributed by atoms with Gasteiger partial charge in [-0.2, -0.15) is 0 Å². The first-order valence-electron chi connectivity index (χ1n) is 5.17. The summed E-state index contributed by atoms with van der Waals surface area (Å²) in [5.41, 5.74) is 0. The molecule has 0 aliphatic carbocycles. The van der Waals surface area contributed by atoms with E-state index >= 15 is 0 Å². The zero-order chi connectivity index (χ0) is 12.0. The van der Waals surface area contributed by atoms with E-state index in [9.17, 15) is 9.59 Å². The van der Waals surface area contributed by atoms with Gasteiger partial charge in [-0.3, -0.25) is 14.5 Å². The molecule has 0 saturated carbocycles. The van der Waals surface area contributed by atoms with Crippen LogP contribution >= 0.6 is 0 Å². The highest BCUT2D eigenvalue weighted by atomic mass is 16.3. The highest BCUT2D eigenvalue weighted by Gasteiger charge is 2.15. The van der Waals surface area contributed by atoms with Gasteiger partial charge in [0.25, 0.3) is 0 Å². The lowest BCUT2D eigenvalue weighted by Crippen LogP contribution is -2.38. The molecule has 0 aromatic carbocycles. The molecule has 1 amide bonds. The molecule has 5 heteroatoms. The van der Waals surface area contributed by atoms with Gasteiger partial charge in [0.05, 0.1) is 19.4 Å². The number of furan rings is 1. The van der Waals surface area contributed by atoms with Crippen molar-refractivity contribution in [2.24, 2.45) is 0 Å². The number of carbonyl (C=O) groups excluding carboxylic acids is 2. The Morgan fingerprint density at radius 2 is 2.19 bits per heavy atom. The molecule has 1 aromatic rings. The standard InChI is InChI=1S/C11H16N2O3/c1-3-13(8-11(15)12-2)7-9(14)10-5-4-6-16-10/h4-6H,3,7-8H2,1-2H3,(H,12,15). The summed E-state index contributed by atoms with van der Waals surface area (Å²) in [6, 6.07) is 3.29. The summed E-state index contributed by atoms with van der Waals surface area (Å²) in [7, 11) is 1.57. The van der Waals surface area contributed by atoms with Crippen molar-refractivity contribution in [3.8, 4) is 0 Å². The Morgan fingerprint density at radius 1 is 1.44 bits per heavy atom. The van der Waals surface area contributed by atoms with E-state index in [1.54, 1.807) is 24.1 Å². The van der Waals surface area contributed by atoms with Crippen molar-refractivity contribution < 1.29 is 14.0 Å². The number of nitrogens with one attached hydrogen (secondary N) is 1. The van der Waals surface area contributed by atoms with Crippen LogP contribution in [0.1, 0.15) is 17.5 Å². The third kappa shape index (κ3) is 3.51. The summed E-state index contributed by atoms with van der Waals surface area (Å²) in [5.74, 6) is 0.111. The zero-order valence-electron chi connectivity index (χ0n) is 9.53. The molecular weight excluding hydrogens is 208 g/mol. The number of amides is 1. The normalized spacial score (nSPS) is 10.4. The van der Waals surface area contributed by atoms with E-state index < -0.39 is 0 Å². The van der Waals surface area contributed by atoms with Gasteiger partial charge in [0.1, 0.15) is 0 Å². The average molecular weight is 224 g/mol. The number of carbonyl (C=O) groups is 2. The van der Waals surface area contributed by atoms with Gasteiger partial charge in [-0.25, -0.2) is 0 Å². The number of ketones is 1. The number of hydrogen-bond donors (Lipinski definition) is 1. The van der Waals surface area contributed by atoms with Crippen LogP contribution in [0.4, 0.5) is 0 Å². The second kappa shape index (κ2) is 6.07. The number of likely N-dealkylation sites (N-methyl/N-ethyl adjacent to an activating group) is 2. The van der Waals surface area contributed by atoms with E-state index in [0.717, 1.165) is 0 Å². The maximum absolute atomic E-state index is 11.7. The SMILES string of the molecule is CCN(CC(=O)NC)CC(=O)c1ccco1. The van der Waals surface area contributed by atoms with Gasteiger partial charge in [-0.15, -0.1) is 0 Å². The van der Waals surface area contributed by atoms with Crippen LogP contribution in [0.2, 0.25) is 0 Å². The van der Waals surface area contributed by atoms with Gasteiger partial charge in [0, 0.05) is 7.05 Å². The van der Waals surface area contributed by atoms with Gasteiger partial charge in [0.15, 0.2) is 5.76 Å². The third-order valence-electron chi connectivity index (χ3n) is 2.26. The fourth-order valence-corrected chi connectivity index (χ4v) is 1.28. The predicted molar refractivity (Wildman–Crippen MR) is 59.2 cm³/mol. The lowest BCUT2D eigenvalue weighted by molar-refractivity contribution is -0.121. The first-order chi connectivity index (χ1) is 7.67. The second-order valence-corrected chi connectivity index (χ2v) is 3.38. The van der Waals surface area contributed by atoms with Crippen LogP contribution in [0, 0.1) is 0 Å². The summed E-state index contributed by atoms with van der Waals surface area (Å²) in [4.78, 5) is 24.6. The Bertz CT molecular complexity index is 346. The van der Waals surface area contributed by atoms with Crippen molar-refractivity contribution >= 4 is 11.7 Å². The largest absolute Gasteiger partial charge is 0.461 e. The third-order valence-corrected chi connectivity index (χ3v) is 2.26. The van der Waals surface area contributed by atoms with Gasteiger partial charge in [-0.1, -0.05) is 6.92 Å². The molecule has 1 N–H and O–H groups in total. The van der Waals surface area contributed by atoms with Crippen LogP contribution in [0.5, 0.6) is 0 Å². The minimum absolute atomic E-state index is 0.103. The second-order valence-electron chi connectivity index (χ2n) is 3.38. The molecule has 0 fully saturated rings. The molecule has 1 aromatic heterocycles. The van der Waals surface area contributed by atoms with E-state index in [0.29, 0.717) is 12.3 Å². The lowest BCUT2D eigenvalue weighted by atomic mass is 10.3. The van der Waals surface area contributed by atoms with Crippen molar-refractivity contribution in [1.29, 1.82) is 0 Å². The molecular formula is C11H16N2O3. The minimum Gasteiger partial charge on any atom is -0.461 e.